The zero-order chi connectivity index (χ0) is 23.0. The lowest BCUT2D eigenvalue weighted by molar-refractivity contribution is -0.116. The zero-order valence-corrected chi connectivity index (χ0v) is 18.1. The predicted octanol–water partition coefficient (Wildman–Crippen LogP) is 3.81. The van der Waals surface area contributed by atoms with E-state index in [0.717, 1.165) is 39.5 Å². The van der Waals surface area contributed by atoms with Crippen molar-refractivity contribution in [2.45, 2.75) is 26.9 Å². The molecule has 2 aromatic heterocycles. The molecular weight excluding hydrogens is 436 g/mol. The molecule has 0 aliphatic carbocycles. The number of aromatic nitrogens is 2. The van der Waals surface area contributed by atoms with Crippen LogP contribution in [0.2, 0.25) is 0 Å². The summed E-state index contributed by atoms with van der Waals surface area (Å²) in [6, 6.07) is 9.94. The monoisotopic (exact) mass is 455 g/mol. The molecule has 0 saturated carbocycles. The summed E-state index contributed by atoms with van der Waals surface area (Å²) in [7, 11) is 0. The van der Waals surface area contributed by atoms with Crippen LogP contribution in [0.4, 0.5) is 14.5 Å². The summed E-state index contributed by atoms with van der Waals surface area (Å²) in [4.78, 5) is 38.7. The summed E-state index contributed by atoms with van der Waals surface area (Å²) < 4.78 is 29.9. The molecule has 4 rings (SSSR count). The smallest absolute Gasteiger partial charge is 0.322 e. The highest BCUT2D eigenvalue weighted by atomic mass is 32.1. The molecule has 0 aliphatic rings. The predicted molar refractivity (Wildman–Crippen MR) is 120 cm³/mol. The van der Waals surface area contributed by atoms with Gasteiger partial charge in [0.25, 0.3) is 5.56 Å². The Labute approximate surface area is 185 Å². The van der Waals surface area contributed by atoms with Crippen molar-refractivity contribution in [3.63, 3.8) is 0 Å². The van der Waals surface area contributed by atoms with Crippen LogP contribution in [0.25, 0.3) is 10.2 Å². The summed E-state index contributed by atoms with van der Waals surface area (Å²) >= 11 is 1.17. The van der Waals surface area contributed by atoms with Gasteiger partial charge in [-0.2, -0.15) is 0 Å². The Morgan fingerprint density at radius 3 is 2.53 bits per heavy atom. The van der Waals surface area contributed by atoms with Gasteiger partial charge in [0, 0.05) is 6.07 Å². The third-order valence-electron chi connectivity index (χ3n) is 5.25. The normalized spacial score (nSPS) is 11.1. The molecule has 0 fully saturated rings. The number of nitrogens with one attached hydrogen (secondary N) is 1. The van der Waals surface area contributed by atoms with Gasteiger partial charge < -0.3 is 5.32 Å². The van der Waals surface area contributed by atoms with Crippen LogP contribution in [0.3, 0.4) is 0 Å². The van der Waals surface area contributed by atoms with Crippen LogP contribution in [0, 0.1) is 25.5 Å². The number of benzene rings is 2. The van der Waals surface area contributed by atoms with E-state index in [2.05, 4.69) is 5.32 Å². The lowest BCUT2D eigenvalue weighted by Crippen LogP contribution is -2.41. The van der Waals surface area contributed by atoms with Gasteiger partial charge in [0.2, 0.25) is 5.91 Å². The van der Waals surface area contributed by atoms with Crippen LogP contribution in [0.1, 0.15) is 16.7 Å². The molecule has 0 atom stereocenters. The fourth-order valence-corrected chi connectivity index (χ4v) is 4.28. The van der Waals surface area contributed by atoms with E-state index in [1.54, 1.807) is 11.4 Å². The molecule has 0 radical (unpaired) electrons. The van der Waals surface area contributed by atoms with Crippen LogP contribution < -0.4 is 16.6 Å². The van der Waals surface area contributed by atoms with Gasteiger partial charge in [-0.1, -0.05) is 18.2 Å². The number of hydrogen-bond acceptors (Lipinski definition) is 4. The fourth-order valence-electron chi connectivity index (χ4n) is 3.44. The quantitative estimate of drug-likeness (QED) is 0.498. The number of amides is 1. The van der Waals surface area contributed by atoms with Gasteiger partial charge in [-0.05, 0) is 54.1 Å². The summed E-state index contributed by atoms with van der Waals surface area (Å²) in [6.07, 6.45) is 0. The van der Waals surface area contributed by atoms with E-state index in [1.165, 1.54) is 15.9 Å². The van der Waals surface area contributed by atoms with Crippen molar-refractivity contribution in [2.75, 3.05) is 5.32 Å². The minimum Gasteiger partial charge on any atom is -0.322 e. The maximum Gasteiger partial charge on any atom is 0.332 e. The third-order valence-corrected chi connectivity index (χ3v) is 6.14. The Balaban J connectivity index is 1.73. The van der Waals surface area contributed by atoms with Crippen LogP contribution in [-0.4, -0.2) is 15.0 Å². The van der Waals surface area contributed by atoms with Crippen LogP contribution >= 0.6 is 11.3 Å². The van der Waals surface area contributed by atoms with E-state index in [1.807, 2.05) is 32.0 Å². The molecule has 0 bridgehead atoms. The van der Waals surface area contributed by atoms with Gasteiger partial charge in [-0.15, -0.1) is 11.3 Å². The molecule has 32 heavy (non-hydrogen) atoms. The van der Waals surface area contributed by atoms with Crippen molar-refractivity contribution in [3.8, 4) is 0 Å². The van der Waals surface area contributed by atoms with E-state index in [-0.39, 0.29) is 12.2 Å². The Hall–Kier alpha value is -3.59. The molecule has 0 spiro atoms. The van der Waals surface area contributed by atoms with Crippen molar-refractivity contribution >= 4 is 33.1 Å². The highest BCUT2D eigenvalue weighted by Gasteiger charge is 2.18. The van der Waals surface area contributed by atoms with Gasteiger partial charge in [0.05, 0.1) is 17.7 Å². The minimum atomic E-state index is -0.799. The second kappa shape index (κ2) is 8.51. The maximum atomic E-state index is 13.9. The summed E-state index contributed by atoms with van der Waals surface area (Å²) in [5, 5.41) is 3.94. The lowest BCUT2D eigenvalue weighted by atomic mass is 10.1. The highest BCUT2D eigenvalue weighted by molar-refractivity contribution is 7.17. The van der Waals surface area contributed by atoms with E-state index >= 15 is 0 Å². The average molecular weight is 455 g/mol. The van der Waals surface area contributed by atoms with Gasteiger partial charge in [-0.3, -0.25) is 18.7 Å². The molecule has 164 valence electrons. The van der Waals surface area contributed by atoms with Crippen molar-refractivity contribution in [1.29, 1.82) is 0 Å². The molecule has 0 saturated heterocycles. The average Bonchev–Trinajstić information content (AvgIpc) is 3.24. The molecule has 4 aromatic rings. The number of aryl methyl sites for hydroxylation is 2. The molecule has 1 amide bonds. The number of anilines is 1. The summed E-state index contributed by atoms with van der Waals surface area (Å²) in [5.41, 5.74) is 1.79. The minimum absolute atomic E-state index is 0.0484. The molecule has 0 unspecified atom stereocenters. The summed E-state index contributed by atoms with van der Waals surface area (Å²) in [6.45, 7) is 3.50. The Morgan fingerprint density at radius 1 is 1.00 bits per heavy atom. The number of nitrogens with zero attached hydrogens (tertiary/aromatic N) is 2. The lowest BCUT2D eigenvalue weighted by Gasteiger charge is -2.13. The van der Waals surface area contributed by atoms with E-state index in [4.69, 9.17) is 0 Å². The Kier molecular flexibility index (Phi) is 5.75. The van der Waals surface area contributed by atoms with Crippen molar-refractivity contribution in [3.05, 3.63) is 97.0 Å². The number of halogens is 2. The first-order valence-electron chi connectivity index (χ1n) is 9.76. The van der Waals surface area contributed by atoms with E-state index in [9.17, 15) is 23.2 Å². The molecule has 2 heterocycles. The second-order valence-electron chi connectivity index (χ2n) is 7.49. The number of carbonyl (C=O) groups is 1. The largest absolute Gasteiger partial charge is 0.332 e. The molecule has 9 heteroatoms. The maximum absolute atomic E-state index is 13.9. The SMILES string of the molecule is Cc1ccc(Cn2c(=O)c3sccc3n(CC(=O)Nc3cc(F)ccc3F)c2=O)cc1C. The molecular formula is C23H19F2N3O3S. The first-order chi connectivity index (χ1) is 15.2. The molecule has 0 aliphatic heterocycles. The van der Waals surface area contributed by atoms with Gasteiger partial charge in [-0.25, -0.2) is 13.6 Å². The Bertz CT molecular complexity index is 1470. The van der Waals surface area contributed by atoms with Gasteiger partial charge in [0.1, 0.15) is 22.9 Å². The van der Waals surface area contributed by atoms with Gasteiger partial charge >= 0.3 is 5.69 Å². The topological polar surface area (TPSA) is 73.1 Å². The van der Waals surface area contributed by atoms with E-state index < -0.39 is 35.3 Å². The van der Waals surface area contributed by atoms with Crippen LogP contribution in [-0.2, 0) is 17.9 Å². The van der Waals surface area contributed by atoms with E-state index in [0.29, 0.717) is 10.2 Å². The number of fused-ring (bicyclic) bond motifs is 1. The first-order valence-corrected chi connectivity index (χ1v) is 10.6. The molecule has 2 aromatic carbocycles. The highest BCUT2D eigenvalue weighted by Crippen LogP contribution is 2.18. The second-order valence-corrected chi connectivity index (χ2v) is 8.40. The number of carbonyl (C=O) groups excluding carboxylic acids is 1. The van der Waals surface area contributed by atoms with Crippen molar-refractivity contribution in [2.24, 2.45) is 0 Å². The number of hydrogen-bond donors (Lipinski definition) is 1. The van der Waals surface area contributed by atoms with Crippen molar-refractivity contribution < 1.29 is 13.6 Å². The third kappa shape index (κ3) is 4.11. The Morgan fingerprint density at radius 2 is 1.78 bits per heavy atom. The summed E-state index contributed by atoms with van der Waals surface area (Å²) in [5.74, 6) is -2.23. The first kappa shape index (κ1) is 21.6. The van der Waals surface area contributed by atoms with Crippen molar-refractivity contribution in [1.82, 2.24) is 9.13 Å². The van der Waals surface area contributed by atoms with Gasteiger partial charge in [0.15, 0.2) is 0 Å². The number of thiophene rings is 1. The fraction of sp³-hybridized carbons (Fsp3) is 0.174. The zero-order valence-electron chi connectivity index (χ0n) is 17.3. The standard InChI is InChI=1S/C23H19F2N3O3S/c1-13-3-4-15(9-14(13)2)11-28-22(30)21-19(7-8-32-21)27(23(28)31)12-20(29)26-18-10-16(24)5-6-17(18)25/h3-10H,11-12H2,1-2H3,(H,26,29). The molecule has 6 nitrogen and oxygen atoms in total. The van der Waals surface area contributed by atoms with Crippen LogP contribution in [0.15, 0.2) is 57.4 Å². The molecule has 1 N–H and O–H groups in total. The van der Waals surface area contributed by atoms with Crippen LogP contribution in [0.5, 0.6) is 0 Å². The number of rotatable bonds is 5.